The molecule has 1 rings (SSSR count). The third-order valence-electron chi connectivity index (χ3n) is 3.07. The first kappa shape index (κ1) is 13.0. The van der Waals surface area contributed by atoms with Gasteiger partial charge in [0.2, 0.25) is 0 Å². The Morgan fingerprint density at radius 3 is 2.07 bits per heavy atom. The summed E-state index contributed by atoms with van der Waals surface area (Å²) >= 11 is 0. The van der Waals surface area contributed by atoms with E-state index in [-0.39, 0.29) is 11.5 Å². The van der Waals surface area contributed by atoms with Gasteiger partial charge in [0.15, 0.2) is 0 Å². The summed E-state index contributed by atoms with van der Waals surface area (Å²) in [6, 6.07) is 0.754. The topological polar surface area (TPSA) is 23.5 Å². The fraction of sp³-hybridized carbons (Fsp3) is 1.00. The average Bonchev–Trinajstić information content (AvgIpc) is 2.81. The zero-order chi connectivity index (χ0) is 11.6. The lowest BCUT2D eigenvalue weighted by Gasteiger charge is -2.32. The van der Waals surface area contributed by atoms with Crippen molar-refractivity contribution in [3.63, 3.8) is 0 Å². The molecule has 1 aliphatic rings. The van der Waals surface area contributed by atoms with Crippen LogP contribution in [0, 0.1) is 11.3 Å². The van der Waals surface area contributed by atoms with Gasteiger partial charge >= 0.3 is 0 Å². The van der Waals surface area contributed by atoms with E-state index in [0.717, 1.165) is 19.1 Å². The molecule has 0 aliphatic heterocycles. The van der Waals surface area contributed by atoms with Gasteiger partial charge in [-0.25, -0.2) is 0 Å². The molecule has 15 heavy (non-hydrogen) atoms. The van der Waals surface area contributed by atoms with E-state index in [4.69, 9.17) is 0 Å². The summed E-state index contributed by atoms with van der Waals surface area (Å²) in [5.41, 5.74) is 0.00409. The molecule has 0 bridgehead atoms. The maximum atomic E-state index is 10.1. The lowest BCUT2D eigenvalue weighted by atomic mass is 9.88. The van der Waals surface area contributed by atoms with Crippen LogP contribution in [-0.2, 0) is 0 Å². The van der Waals surface area contributed by atoms with Crippen molar-refractivity contribution >= 4 is 0 Å². The van der Waals surface area contributed by atoms with Crippen LogP contribution in [0.5, 0.6) is 0 Å². The van der Waals surface area contributed by atoms with Crippen molar-refractivity contribution in [1.82, 2.24) is 4.90 Å². The Bertz CT molecular complexity index is 191. The third-order valence-corrected chi connectivity index (χ3v) is 3.07. The van der Waals surface area contributed by atoms with Crippen molar-refractivity contribution in [2.24, 2.45) is 11.3 Å². The first-order chi connectivity index (χ1) is 6.80. The normalized spacial score (nSPS) is 20.0. The number of hydrogen-bond acceptors (Lipinski definition) is 2. The predicted octanol–water partition coefficient (Wildman–Crippen LogP) is 2.51. The predicted molar refractivity (Wildman–Crippen MR) is 64.9 cm³/mol. The number of hydrogen-bond donors (Lipinski definition) is 1. The van der Waals surface area contributed by atoms with E-state index in [9.17, 15) is 5.11 Å². The second-order valence-electron chi connectivity index (χ2n) is 6.46. The van der Waals surface area contributed by atoms with Gasteiger partial charge in [-0.1, -0.05) is 34.6 Å². The first-order valence-corrected chi connectivity index (χ1v) is 6.23. The van der Waals surface area contributed by atoms with Crippen LogP contribution in [0.3, 0.4) is 0 Å². The summed E-state index contributed by atoms with van der Waals surface area (Å²) in [5.74, 6) is 0.692. The minimum Gasteiger partial charge on any atom is -0.391 e. The Balaban J connectivity index is 2.43. The Labute approximate surface area is 94.7 Å². The molecule has 1 unspecified atom stereocenters. The number of aliphatic hydroxyl groups excluding tert-OH is 1. The van der Waals surface area contributed by atoms with Crippen molar-refractivity contribution in [1.29, 1.82) is 0 Å². The minimum atomic E-state index is -0.211. The van der Waals surface area contributed by atoms with Crippen molar-refractivity contribution in [2.75, 3.05) is 13.1 Å². The highest BCUT2D eigenvalue weighted by Gasteiger charge is 2.33. The van der Waals surface area contributed by atoms with Crippen LogP contribution < -0.4 is 0 Å². The van der Waals surface area contributed by atoms with E-state index in [0.29, 0.717) is 5.92 Å². The zero-order valence-electron chi connectivity index (χ0n) is 11.0. The molecule has 1 atom stereocenters. The fourth-order valence-electron chi connectivity index (χ4n) is 1.78. The lowest BCUT2D eigenvalue weighted by Crippen LogP contribution is -2.42. The molecule has 1 fully saturated rings. The van der Waals surface area contributed by atoms with Crippen LogP contribution in [0.4, 0.5) is 0 Å². The van der Waals surface area contributed by atoms with Crippen LogP contribution in [-0.4, -0.2) is 35.2 Å². The molecule has 0 spiro atoms. The lowest BCUT2D eigenvalue weighted by molar-refractivity contribution is 0.0229. The van der Waals surface area contributed by atoms with Gasteiger partial charge in [-0.05, 0) is 24.2 Å². The zero-order valence-corrected chi connectivity index (χ0v) is 11.0. The van der Waals surface area contributed by atoms with E-state index < -0.39 is 0 Å². The van der Waals surface area contributed by atoms with Crippen LogP contribution in [0.2, 0.25) is 0 Å². The standard InChI is InChI=1S/C13H27NO/c1-10(2)8-14(11-6-7-11)9-12(15)13(3,4)5/h10-12,15H,6-9H2,1-5H3. The Hall–Kier alpha value is -0.0800. The molecule has 0 aromatic heterocycles. The smallest absolute Gasteiger partial charge is 0.0715 e. The Morgan fingerprint density at radius 2 is 1.73 bits per heavy atom. The maximum Gasteiger partial charge on any atom is 0.0715 e. The average molecular weight is 213 g/mol. The van der Waals surface area contributed by atoms with E-state index >= 15 is 0 Å². The van der Waals surface area contributed by atoms with E-state index in [1.54, 1.807) is 0 Å². The molecule has 0 aromatic rings. The molecule has 1 N–H and O–H groups in total. The summed E-state index contributed by atoms with van der Waals surface area (Å²) in [4.78, 5) is 2.47. The molecular weight excluding hydrogens is 186 g/mol. The van der Waals surface area contributed by atoms with Gasteiger partial charge in [0, 0.05) is 19.1 Å². The van der Waals surface area contributed by atoms with Gasteiger partial charge in [-0.2, -0.15) is 0 Å². The SMILES string of the molecule is CC(C)CN(CC(O)C(C)(C)C)C1CC1. The van der Waals surface area contributed by atoms with Crippen LogP contribution in [0.15, 0.2) is 0 Å². The van der Waals surface area contributed by atoms with Gasteiger partial charge in [0.1, 0.15) is 0 Å². The molecular formula is C13H27NO. The highest BCUT2D eigenvalue weighted by molar-refractivity contribution is 4.88. The molecule has 1 aliphatic carbocycles. The summed E-state index contributed by atoms with van der Waals surface area (Å²) in [5, 5.41) is 10.1. The maximum absolute atomic E-state index is 10.1. The largest absolute Gasteiger partial charge is 0.391 e. The van der Waals surface area contributed by atoms with E-state index in [2.05, 4.69) is 39.5 Å². The van der Waals surface area contributed by atoms with Gasteiger partial charge in [0.25, 0.3) is 0 Å². The number of nitrogens with zero attached hydrogens (tertiary/aromatic N) is 1. The molecule has 0 radical (unpaired) electrons. The molecule has 90 valence electrons. The van der Waals surface area contributed by atoms with Gasteiger partial charge < -0.3 is 5.11 Å². The quantitative estimate of drug-likeness (QED) is 0.758. The molecule has 0 heterocycles. The van der Waals surface area contributed by atoms with Crippen LogP contribution in [0.25, 0.3) is 0 Å². The minimum absolute atomic E-state index is 0.00409. The second-order valence-corrected chi connectivity index (χ2v) is 6.46. The highest BCUT2D eigenvalue weighted by Crippen LogP contribution is 2.29. The first-order valence-electron chi connectivity index (χ1n) is 6.23. The number of aliphatic hydroxyl groups is 1. The van der Waals surface area contributed by atoms with Crippen LogP contribution in [0.1, 0.15) is 47.5 Å². The molecule has 0 amide bonds. The van der Waals surface area contributed by atoms with Gasteiger partial charge in [-0.3, -0.25) is 4.90 Å². The van der Waals surface area contributed by atoms with Gasteiger partial charge in [0.05, 0.1) is 6.10 Å². The summed E-state index contributed by atoms with van der Waals surface area (Å²) < 4.78 is 0. The van der Waals surface area contributed by atoms with E-state index in [1.165, 1.54) is 12.8 Å². The van der Waals surface area contributed by atoms with Gasteiger partial charge in [-0.15, -0.1) is 0 Å². The molecule has 2 nitrogen and oxygen atoms in total. The fourth-order valence-corrected chi connectivity index (χ4v) is 1.78. The summed E-state index contributed by atoms with van der Waals surface area (Å²) in [6.07, 6.45) is 2.43. The van der Waals surface area contributed by atoms with Crippen molar-refractivity contribution in [3.8, 4) is 0 Å². The van der Waals surface area contributed by atoms with Crippen LogP contribution >= 0.6 is 0 Å². The van der Waals surface area contributed by atoms with Crippen molar-refractivity contribution in [2.45, 2.75) is 59.6 Å². The third kappa shape index (κ3) is 4.52. The highest BCUT2D eigenvalue weighted by atomic mass is 16.3. The van der Waals surface area contributed by atoms with Crippen molar-refractivity contribution < 1.29 is 5.11 Å². The van der Waals surface area contributed by atoms with Crippen molar-refractivity contribution in [3.05, 3.63) is 0 Å². The van der Waals surface area contributed by atoms with E-state index in [1.807, 2.05) is 0 Å². The molecule has 2 heteroatoms. The molecule has 1 saturated carbocycles. The summed E-state index contributed by atoms with van der Waals surface area (Å²) in [6.45, 7) is 12.8. The molecule has 0 saturated heterocycles. The number of rotatable bonds is 5. The molecule has 0 aromatic carbocycles. The Morgan fingerprint density at radius 1 is 1.20 bits per heavy atom. The Kier molecular flexibility index (Phi) is 4.19. The second kappa shape index (κ2) is 4.84. The summed E-state index contributed by atoms with van der Waals surface area (Å²) in [7, 11) is 0. The monoisotopic (exact) mass is 213 g/mol.